The third kappa shape index (κ3) is 3.48. The average Bonchev–Trinajstić information content (AvgIpc) is 2.36. The van der Waals surface area contributed by atoms with Gasteiger partial charge < -0.3 is 0 Å². The number of hydrogen-bond donors (Lipinski definition) is 0. The van der Waals surface area contributed by atoms with Gasteiger partial charge in [-0.25, -0.2) is 0 Å². The second kappa shape index (κ2) is 8.16. The highest BCUT2D eigenvalue weighted by atomic mass is 15.4. The summed E-state index contributed by atoms with van der Waals surface area (Å²) in [4.78, 5) is 5.46. The highest BCUT2D eigenvalue weighted by Crippen LogP contribution is 2.34. The quantitative estimate of drug-likeness (QED) is 0.658. The Balaban J connectivity index is 2.95. The van der Waals surface area contributed by atoms with E-state index in [1.54, 1.807) is 0 Å². The molecule has 0 aliphatic heterocycles. The van der Waals surface area contributed by atoms with Crippen molar-refractivity contribution in [1.29, 1.82) is 0 Å². The van der Waals surface area contributed by atoms with E-state index in [0.29, 0.717) is 5.66 Å². The highest BCUT2D eigenvalue weighted by molar-refractivity contribution is 4.90. The maximum atomic E-state index is 2.73. The molecule has 18 heavy (non-hydrogen) atoms. The predicted octanol–water partition coefficient (Wildman–Crippen LogP) is 4.11. The summed E-state index contributed by atoms with van der Waals surface area (Å²) in [5.74, 6) is 0. The molecule has 1 aliphatic carbocycles. The fourth-order valence-electron chi connectivity index (χ4n) is 3.93. The Morgan fingerprint density at radius 1 is 0.611 bits per heavy atom. The summed E-state index contributed by atoms with van der Waals surface area (Å²) in [7, 11) is 0. The molecule has 0 radical (unpaired) electrons. The van der Waals surface area contributed by atoms with Gasteiger partial charge in [-0.1, -0.05) is 59.8 Å². The monoisotopic (exact) mass is 254 g/mol. The molecule has 0 unspecified atom stereocenters. The van der Waals surface area contributed by atoms with Crippen molar-refractivity contribution in [3.8, 4) is 0 Å². The van der Waals surface area contributed by atoms with Crippen molar-refractivity contribution in [2.45, 2.75) is 78.3 Å². The van der Waals surface area contributed by atoms with Gasteiger partial charge in [-0.05, 0) is 39.0 Å². The van der Waals surface area contributed by atoms with Gasteiger partial charge in [0.25, 0.3) is 0 Å². The summed E-state index contributed by atoms with van der Waals surface area (Å²) >= 11 is 0. The Bertz CT molecular complexity index is 185. The van der Waals surface area contributed by atoms with Crippen LogP contribution in [0.4, 0.5) is 0 Å². The van der Waals surface area contributed by atoms with Crippen molar-refractivity contribution in [3.05, 3.63) is 0 Å². The van der Waals surface area contributed by atoms with Crippen LogP contribution in [-0.4, -0.2) is 41.6 Å². The molecule has 108 valence electrons. The van der Waals surface area contributed by atoms with Crippen LogP contribution >= 0.6 is 0 Å². The maximum absolute atomic E-state index is 2.73. The summed E-state index contributed by atoms with van der Waals surface area (Å²) in [5, 5.41) is 0. The van der Waals surface area contributed by atoms with Crippen molar-refractivity contribution in [1.82, 2.24) is 9.80 Å². The molecule has 0 amide bonds. The van der Waals surface area contributed by atoms with Gasteiger partial charge in [0, 0.05) is 0 Å². The fraction of sp³-hybridized carbons (Fsp3) is 1.00. The number of hydrogen-bond acceptors (Lipinski definition) is 2. The Morgan fingerprint density at radius 2 is 0.944 bits per heavy atom. The standard InChI is InChI=1S/C16H34N2/c1-5-17(6-2)16(18(7-3)8-4)14-12-10-9-11-13-15-16/h5-15H2,1-4H3. The minimum atomic E-state index is 0.355. The third-order valence-electron chi connectivity index (χ3n) is 4.86. The maximum Gasteiger partial charge on any atom is 0.0737 e. The van der Waals surface area contributed by atoms with Crippen LogP contribution in [0.15, 0.2) is 0 Å². The Morgan fingerprint density at radius 3 is 1.28 bits per heavy atom. The zero-order valence-electron chi connectivity index (χ0n) is 13.2. The summed E-state index contributed by atoms with van der Waals surface area (Å²) in [6.45, 7) is 14.1. The lowest BCUT2D eigenvalue weighted by atomic mass is 9.87. The van der Waals surface area contributed by atoms with Crippen molar-refractivity contribution in [3.63, 3.8) is 0 Å². The summed E-state index contributed by atoms with van der Waals surface area (Å²) < 4.78 is 0. The van der Waals surface area contributed by atoms with Crippen LogP contribution in [0.25, 0.3) is 0 Å². The molecule has 1 saturated carbocycles. The van der Waals surface area contributed by atoms with Gasteiger partial charge >= 0.3 is 0 Å². The molecular weight excluding hydrogens is 220 g/mol. The molecule has 0 saturated heterocycles. The Hall–Kier alpha value is -0.0800. The lowest BCUT2D eigenvalue weighted by Gasteiger charge is -2.51. The minimum Gasteiger partial charge on any atom is -0.286 e. The molecule has 1 aliphatic rings. The molecule has 1 fully saturated rings. The smallest absolute Gasteiger partial charge is 0.0737 e. The van der Waals surface area contributed by atoms with Crippen molar-refractivity contribution < 1.29 is 0 Å². The zero-order chi connectivity index (χ0) is 13.4. The number of rotatable bonds is 6. The van der Waals surface area contributed by atoms with E-state index in [1.165, 1.54) is 71.1 Å². The highest BCUT2D eigenvalue weighted by Gasteiger charge is 2.38. The SMILES string of the molecule is CCN(CC)C1(N(CC)CC)CCCCCCC1. The predicted molar refractivity (Wildman–Crippen MR) is 80.9 cm³/mol. The molecule has 0 N–H and O–H groups in total. The minimum absolute atomic E-state index is 0.355. The van der Waals surface area contributed by atoms with E-state index < -0.39 is 0 Å². The van der Waals surface area contributed by atoms with Gasteiger partial charge in [-0.15, -0.1) is 0 Å². The molecule has 0 bridgehead atoms. The van der Waals surface area contributed by atoms with E-state index in [4.69, 9.17) is 0 Å². The molecule has 1 rings (SSSR count). The molecule has 0 spiro atoms. The van der Waals surface area contributed by atoms with Crippen LogP contribution in [-0.2, 0) is 0 Å². The molecule has 0 atom stereocenters. The third-order valence-corrected chi connectivity index (χ3v) is 4.86. The first kappa shape index (κ1) is 16.0. The van der Waals surface area contributed by atoms with Gasteiger partial charge in [0.1, 0.15) is 0 Å². The van der Waals surface area contributed by atoms with Crippen LogP contribution in [0.2, 0.25) is 0 Å². The fourth-order valence-corrected chi connectivity index (χ4v) is 3.93. The number of nitrogens with zero attached hydrogens (tertiary/aromatic N) is 2. The van der Waals surface area contributed by atoms with Gasteiger partial charge in [0.05, 0.1) is 5.66 Å². The van der Waals surface area contributed by atoms with Crippen LogP contribution in [0.5, 0.6) is 0 Å². The van der Waals surface area contributed by atoms with E-state index in [2.05, 4.69) is 37.5 Å². The van der Waals surface area contributed by atoms with E-state index >= 15 is 0 Å². The molecule has 0 aromatic carbocycles. The second-order valence-electron chi connectivity index (χ2n) is 5.59. The molecule has 0 aromatic heterocycles. The van der Waals surface area contributed by atoms with E-state index in [-0.39, 0.29) is 0 Å². The summed E-state index contributed by atoms with van der Waals surface area (Å²) in [6.07, 6.45) is 9.88. The van der Waals surface area contributed by atoms with Crippen LogP contribution in [0.1, 0.15) is 72.6 Å². The second-order valence-corrected chi connectivity index (χ2v) is 5.59. The van der Waals surface area contributed by atoms with E-state index in [0.717, 1.165) is 0 Å². The Labute approximate surface area is 115 Å². The first-order valence-corrected chi connectivity index (χ1v) is 8.25. The van der Waals surface area contributed by atoms with Crippen molar-refractivity contribution in [2.24, 2.45) is 0 Å². The molecular formula is C16H34N2. The van der Waals surface area contributed by atoms with Crippen LogP contribution < -0.4 is 0 Å². The van der Waals surface area contributed by atoms with Gasteiger partial charge in [0.15, 0.2) is 0 Å². The van der Waals surface area contributed by atoms with E-state index in [9.17, 15) is 0 Å². The van der Waals surface area contributed by atoms with Gasteiger partial charge in [-0.2, -0.15) is 0 Å². The first-order valence-electron chi connectivity index (χ1n) is 8.25. The van der Waals surface area contributed by atoms with Crippen LogP contribution in [0.3, 0.4) is 0 Å². The first-order chi connectivity index (χ1) is 8.75. The van der Waals surface area contributed by atoms with E-state index in [1.807, 2.05) is 0 Å². The van der Waals surface area contributed by atoms with Gasteiger partial charge in [0.2, 0.25) is 0 Å². The largest absolute Gasteiger partial charge is 0.286 e. The van der Waals surface area contributed by atoms with Gasteiger partial charge in [-0.3, -0.25) is 9.80 Å². The summed E-state index contributed by atoms with van der Waals surface area (Å²) in [6, 6.07) is 0. The average molecular weight is 254 g/mol. The summed E-state index contributed by atoms with van der Waals surface area (Å²) in [5.41, 5.74) is 0.355. The molecule has 0 aromatic rings. The molecule has 0 heterocycles. The van der Waals surface area contributed by atoms with Crippen molar-refractivity contribution in [2.75, 3.05) is 26.2 Å². The lowest BCUT2D eigenvalue weighted by molar-refractivity contribution is -0.0688. The van der Waals surface area contributed by atoms with Crippen LogP contribution in [0, 0.1) is 0 Å². The molecule has 2 heteroatoms. The Kier molecular flexibility index (Phi) is 7.25. The zero-order valence-corrected chi connectivity index (χ0v) is 13.2. The molecule has 2 nitrogen and oxygen atoms in total. The topological polar surface area (TPSA) is 6.48 Å². The normalized spacial score (nSPS) is 21.0. The van der Waals surface area contributed by atoms with Crippen molar-refractivity contribution >= 4 is 0 Å². The lowest BCUT2D eigenvalue weighted by Crippen LogP contribution is -2.60.